The van der Waals surface area contributed by atoms with E-state index in [-0.39, 0.29) is 24.4 Å². The SMILES string of the molecule is CC(C)CN(CC(N)=O)C(=O)C(C)C1CCCC(N)C1. The number of carbonyl (C=O) groups is 2. The number of rotatable bonds is 6. The minimum Gasteiger partial charge on any atom is -0.368 e. The zero-order valence-electron chi connectivity index (χ0n) is 13.0. The molecule has 5 nitrogen and oxygen atoms in total. The Bertz CT molecular complexity index is 344. The van der Waals surface area contributed by atoms with E-state index in [2.05, 4.69) is 0 Å². The third-order valence-electron chi connectivity index (χ3n) is 4.10. The molecule has 1 aliphatic carbocycles. The molecule has 0 aliphatic heterocycles. The van der Waals surface area contributed by atoms with E-state index in [1.54, 1.807) is 4.90 Å². The van der Waals surface area contributed by atoms with Crippen LogP contribution < -0.4 is 11.5 Å². The summed E-state index contributed by atoms with van der Waals surface area (Å²) in [6, 6.07) is 0.207. The van der Waals surface area contributed by atoms with Crippen molar-refractivity contribution in [2.75, 3.05) is 13.1 Å². The Labute approximate surface area is 122 Å². The van der Waals surface area contributed by atoms with Crippen LogP contribution in [0.2, 0.25) is 0 Å². The summed E-state index contributed by atoms with van der Waals surface area (Å²) in [4.78, 5) is 25.4. The van der Waals surface area contributed by atoms with E-state index in [0.29, 0.717) is 18.4 Å². The van der Waals surface area contributed by atoms with Crippen LogP contribution in [0.4, 0.5) is 0 Å². The molecule has 116 valence electrons. The van der Waals surface area contributed by atoms with Crippen LogP contribution >= 0.6 is 0 Å². The second-order valence-electron chi connectivity index (χ2n) is 6.55. The molecule has 0 aromatic carbocycles. The fourth-order valence-corrected chi connectivity index (χ4v) is 3.07. The van der Waals surface area contributed by atoms with Gasteiger partial charge >= 0.3 is 0 Å². The lowest BCUT2D eigenvalue weighted by Crippen LogP contribution is -2.45. The summed E-state index contributed by atoms with van der Waals surface area (Å²) in [5.74, 6) is 0.149. The predicted octanol–water partition coefficient (Wildman–Crippen LogP) is 1.11. The molecule has 1 rings (SSSR count). The van der Waals surface area contributed by atoms with Crippen molar-refractivity contribution < 1.29 is 9.59 Å². The molecular formula is C15H29N3O2. The van der Waals surface area contributed by atoms with E-state index in [4.69, 9.17) is 11.5 Å². The first-order valence-electron chi connectivity index (χ1n) is 7.64. The van der Waals surface area contributed by atoms with Gasteiger partial charge in [0.05, 0.1) is 6.54 Å². The van der Waals surface area contributed by atoms with Gasteiger partial charge in [0.25, 0.3) is 0 Å². The molecule has 1 saturated carbocycles. The monoisotopic (exact) mass is 283 g/mol. The third-order valence-corrected chi connectivity index (χ3v) is 4.10. The Hall–Kier alpha value is -1.10. The summed E-state index contributed by atoms with van der Waals surface area (Å²) in [5.41, 5.74) is 11.3. The molecule has 1 fully saturated rings. The van der Waals surface area contributed by atoms with Crippen LogP contribution in [-0.2, 0) is 9.59 Å². The van der Waals surface area contributed by atoms with Crippen molar-refractivity contribution in [3.63, 3.8) is 0 Å². The highest BCUT2D eigenvalue weighted by atomic mass is 16.2. The predicted molar refractivity (Wildman–Crippen MR) is 79.7 cm³/mol. The van der Waals surface area contributed by atoms with Crippen LogP contribution in [0.1, 0.15) is 46.5 Å². The number of carbonyl (C=O) groups excluding carboxylic acids is 2. The standard InChI is InChI=1S/C15H29N3O2/c1-10(2)8-18(9-14(17)19)15(20)11(3)12-5-4-6-13(16)7-12/h10-13H,4-9,16H2,1-3H3,(H2,17,19). The maximum atomic E-state index is 12.6. The second-order valence-corrected chi connectivity index (χ2v) is 6.55. The maximum Gasteiger partial charge on any atom is 0.237 e. The highest BCUT2D eigenvalue weighted by Crippen LogP contribution is 2.30. The molecule has 0 saturated heterocycles. The average molecular weight is 283 g/mol. The maximum absolute atomic E-state index is 12.6. The summed E-state index contributed by atoms with van der Waals surface area (Å²) >= 11 is 0. The Kier molecular flexibility index (Phi) is 6.46. The van der Waals surface area contributed by atoms with Gasteiger partial charge in [-0.3, -0.25) is 9.59 Å². The lowest BCUT2D eigenvalue weighted by Gasteiger charge is -2.34. The number of primary amides is 1. The summed E-state index contributed by atoms with van der Waals surface area (Å²) in [5, 5.41) is 0. The van der Waals surface area contributed by atoms with E-state index in [9.17, 15) is 9.59 Å². The van der Waals surface area contributed by atoms with E-state index < -0.39 is 5.91 Å². The summed E-state index contributed by atoms with van der Waals surface area (Å²) < 4.78 is 0. The van der Waals surface area contributed by atoms with Gasteiger partial charge in [-0.15, -0.1) is 0 Å². The van der Waals surface area contributed by atoms with Crippen LogP contribution in [0.25, 0.3) is 0 Å². The van der Waals surface area contributed by atoms with Gasteiger partial charge in [-0.2, -0.15) is 0 Å². The van der Waals surface area contributed by atoms with Crippen molar-refractivity contribution >= 4 is 11.8 Å². The van der Waals surface area contributed by atoms with Gasteiger partial charge in [-0.1, -0.05) is 27.2 Å². The molecule has 0 aromatic rings. The van der Waals surface area contributed by atoms with Crippen LogP contribution in [0.15, 0.2) is 0 Å². The van der Waals surface area contributed by atoms with Gasteiger partial charge in [0.2, 0.25) is 11.8 Å². The topological polar surface area (TPSA) is 89.4 Å². The lowest BCUT2D eigenvalue weighted by molar-refractivity contribution is -0.140. The van der Waals surface area contributed by atoms with Crippen molar-refractivity contribution in [3.8, 4) is 0 Å². The lowest BCUT2D eigenvalue weighted by atomic mass is 9.78. The Morgan fingerprint density at radius 2 is 1.90 bits per heavy atom. The van der Waals surface area contributed by atoms with E-state index in [1.165, 1.54) is 0 Å². The fourth-order valence-electron chi connectivity index (χ4n) is 3.07. The Morgan fingerprint density at radius 1 is 1.25 bits per heavy atom. The minimum absolute atomic E-state index is 0.0140. The quantitative estimate of drug-likeness (QED) is 0.765. The Balaban J connectivity index is 2.68. The molecule has 20 heavy (non-hydrogen) atoms. The fraction of sp³-hybridized carbons (Fsp3) is 0.867. The summed E-state index contributed by atoms with van der Waals surface area (Å²) in [6.45, 7) is 6.61. The molecule has 4 N–H and O–H groups in total. The van der Waals surface area contributed by atoms with Crippen molar-refractivity contribution in [3.05, 3.63) is 0 Å². The molecule has 1 aliphatic rings. The highest BCUT2D eigenvalue weighted by Gasteiger charge is 2.31. The van der Waals surface area contributed by atoms with Gasteiger partial charge in [-0.25, -0.2) is 0 Å². The van der Waals surface area contributed by atoms with Gasteiger partial charge in [0.1, 0.15) is 0 Å². The third kappa shape index (κ3) is 5.12. The molecule has 0 radical (unpaired) electrons. The number of hydrogen-bond acceptors (Lipinski definition) is 3. The molecule has 0 spiro atoms. The molecule has 5 heteroatoms. The van der Waals surface area contributed by atoms with Crippen molar-refractivity contribution in [2.45, 2.75) is 52.5 Å². The molecule has 2 amide bonds. The van der Waals surface area contributed by atoms with E-state index >= 15 is 0 Å². The van der Waals surface area contributed by atoms with Crippen molar-refractivity contribution in [1.29, 1.82) is 0 Å². The normalized spacial score (nSPS) is 24.4. The van der Waals surface area contributed by atoms with E-state index in [1.807, 2.05) is 20.8 Å². The van der Waals surface area contributed by atoms with Crippen LogP contribution in [-0.4, -0.2) is 35.8 Å². The van der Waals surface area contributed by atoms with Gasteiger partial charge in [0.15, 0.2) is 0 Å². The second kappa shape index (κ2) is 7.62. The van der Waals surface area contributed by atoms with Gasteiger partial charge in [-0.05, 0) is 31.1 Å². The number of nitrogens with zero attached hydrogens (tertiary/aromatic N) is 1. The van der Waals surface area contributed by atoms with Crippen molar-refractivity contribution in [2.24, 2.45) is 29.2 Å². The van der Waals surface area contributed by atoms with Crippen LogP contribution in [0.5, 0.6) is 0 Å². The molecule has 0 aromatic heterocycles. The summed E-state index contributed by atoms with van der Waals surface area (Å²) in [6.07, 6.45) is 4.09. The van der Waals surface area contributed by atoms with Crippen LogP contribution in [0, 0.1) is 17.8 Å². The first-order valence-corrected chi connectivity index (χ1v) is 7.64. The average Bonchev–Trinajstić information content (AvgIpc) is 2.35. The number of nitrogens with two attached hydrogens (primary N) is 2. The number of hydrogen-bond donors (Lipinski definition) is 2. The number of amides is 2. The summed E-state index contributed by atoms with van der Waals surface area (Å²) in [7, 11) is 0. The zero-order chi connectivity index (χ0) is 15.3. The molecular weight excluding hydrogens is 254 g/mol. The first kappa shape index (κ1) is 17.0. The zero-order valence-corrected chi connectivity index (χ0v) is 13.0. The van der Waals surface area contributed by atoms with Gasteiger partial charge < -0.3 is 16.4 Å². The minimum atomic E-state index is -0.452. The highest BCUT2D eigenvalue weighted by molar-refractivity contribution is 5.85. The smallest absolute Gasteiger partial charge is 0.237 e. The molecule has 3 unspecified atom stereocenters. The largest absolute Gasteiger partial charge is 0.368 e. The molecule has 3 atom stereocenters. The van der Waals surface area contributed by atoms with Crippen molar-refractivity contribution in [1.82, 2.24) is 4.90 Å². The van der Waals surface area contributed by atoms with Gasteiger partial charge in [0, 0.05) is 18.5 Å². The van der Waals surface area contributed by atoms with Crippen LogP contribution in [0.3, 0.4) is 0 Å². The van der Waals surface area contributed by atoms with E-state index in [0.717, 1.165) is 25.7 Å². The molecule has 0 heterocycles. The Morgan fingerprint density at radius 3 is 2.40 bits per heavy atom. The first-order chi connectivity index (χ1) is 9.31. The molecule has 0 bridgehead atoms.